The van der Waals surface area contributed by atoms with Crippen LogP contribution in [0, 0.1) is 18.7 Å². The number of hydrogen-bond acceptors (Lipinski definition) is 1. The van der Waals surface area contributed by atoms with Gasteiger partial charge in [0.1, 0.15) is 5.82 Å². The van der Waals surface area contributed by atoms with Gasteiger partial charge in [0.2, 0.25) is 0 Å². The molecule has 2 unspecified atom stereocenters. The zero-order valence-corrected chi connectivity index (χ0v) is 9.63. The molecule has 0 bridgehead atoms. The van der Waals surface area contributed by atoms with Gasteiger partial charge < -0.3 is 5.11 Å². The summed E-state index contributed by atoms with van der Waals surface area (Å²) >= 11 is 0. The summed E-state index contributed by atoms with van der Waals surface area (Å²) in [6.45, 7) is 5.91. The molecule has 0 spiro atoms. The molecule has 0 aromatic heterocycles. The summed E-state index contributed by atoms with van der Waals surface area (Å²) in [7, 11) is 0. The average Bonchev–Trinajstić information content (AvgIpc) is 2.15. The smallest absolute Gasteiger partial charge is 0.123 e. The predicted octanol–water partition coefficient (Wildman–Crippen LogP) is 3.60. The maximum atomic E-state index is 13.1. The van der Waals surface area contributed by atoms with Gasteiger partial charge >= 0.3 is 0 Å². The molecule has 84 valence electrons. The Morgan fingerprint density at radius 1 is 1.33 bits per heavy atom. The van der Waals surface area contributed by atoms with Crippen molar-refractivity contribution in [2.75, 3.05) is 0 Å². The maximum Gasteiger partial charge on any atom is 0.123 e. The minimum atomic E-state index is -0.556. The quantitative estimate of drug-likeness (QED) is 0.805. The van der Waals surface area contributed by atoms with Crippen LogP contribution in [-0.4, -0.2) is 5.11 Å². The normalized spacial score (nSPS) is 15.0. The number of aryl methyl sites for hydroxylation is 1. The van der Waals surface area contributed by atoms with E-state index in [4.69, 9.17) is 0 Å². The van der Waals surface area contributed by atoms with Gasteiger partial charge in [0.15, 0.2) is 0 Å². The minimum Gasteiger partial charge on any atom is -0.388 e. The Labute approximate surface area is 90.9 Å². The Hall–Kier alpha value is -0.890. The van der Waals surface area contributed by atoms with Crippen molar-refractivity contribution < 1.29 is 9.50 Å². The Morgan fingerprint density at radius 2 is 2.00 bits per heavy atom. The first-order chi connectivity index (χ1) is 7.04. The van der Waals surface area contributed by atoms with E-state index in [1.54, 1.807) is 0 Å². The van der Waals surface area contributed by atoms with Gasteiger partial charge in [-0.05, 0) is 42.5 Å². The molecule has 1 aromatic rings. The fraction of sp³-hybridized carbons (Fsp3) is 0.538. The van der Waals surface area contributed by atoms with E-state index in [1.807, 2.05) is 19.9 Å². The molecule has 1 N–H and O–H groups in total. The Bertz CT molecular complexity index is 302. The van der Waals surface area contributed by atoms with Gasteiger partial charge in [0.05, 0.1) is 6.10 Å². The van der Waals surface area contributed by atoms with Gasteiger partial charge in [0, 0.05) is 0 Å². The molecule has 0 saturated carbocycles. The lowest BCUT2D eigenvalue weighted by molar-refractivity contribution is 0.112. The zero-order valence-electron chi connectivity index (χ0n) is 9.63. The first-order valence-electron chi connectivity index (χ1n) is 5.49. The SMILES string of the molecule is CCCC(C)C(O)c1cc(C)cc(F)c1. The zero-order chi connectivity index (χ0) is 11.4. The van der Waals surface area contributed by atoms with E-state index in [0.29, 0.717) is 5.56 Å². The maximum absolute atomic E-state index is 13.1. The van der Waals surface area contributed by atoms with Crippen molar-refractivity contribution in [3.05, 3.63) is 35.1 Å². The molecule has 0 aliphatic heterocycles. The van der Waals surface area contributed by atoms with Gasteiger partial charge in [-0.1, -0.05) is 26.3 Å². The van der Waals surface area contributed by atoms with Crippen LogP contribution in [0.1, 0.15) is 43.9 Å². The number of halogens is 1. The fourth-order valence-corrected chi connectivity index (χ4v) is 1.88. The standard InChI is InChI=1S/C13H19FO/c1-4-5-10(3)13(15)11-6-9(2)7-12(14)8-11/h6-8,10,13,15H,4-5H2,1-3H3. The van der Waals surface area contributed by atoms with Crippen molar-refractivity contribution in [2.24, 2.45) is 5.92 Å². The lowest BCUT2D eigenvalue weighted by Gasteiger charge is -2.19. The van der Waals surface area contributed by atoms with Crippen molar-refractivity contribution in [1.29, 1.82) is 0 Å². The van der Waals surface area contributed by atoms with E-state index < -0.39 is 6.10 Å². The summed E-state index contributed by atoms with van der Waals surface area (Å²) in [5.74, 6) is -0.0936. The van der Waals surface area contributed by atoms with Crippen LogP contribution in [0.4, 0.5) is 4.39 Å². The van der Waals surface area contributed by atoms with Crippen molar-refractivity contribution in [3.8, 4) is 0 Å². The molecule has 2 heteroatoms. The molecule has 0 heterocycles. The van der Waals surface area contributed by atoms with Gasteiger partial charge in [-0.25, -0.2) is 4.39 Å². The van der Waals surface area contributed by atoms with Gasteiger partial charge in [0.25, 0.3) is 0 Å². The highest BCUT2D eigenvalue weighted by Gasteiger charge is 2.16. The summed E-state index contributed by atoms with van der Waals surface area (Å²) < 4.78 is 13.1. The lowest BCUT2D eigenvalue weighted by Crippen LogP contribution is -2.09. The highest BCUT2D eigenvalue weighted by atomic mass is 19.1. The van der Waals surface area contributed by atoms with E-state index in [9.17, 15) is 9.50 Å². The fourth-order valence-electron chi connectivity index (χ4n) is 1.88. The number of aliphatic hydroxyl groups excluding tert-OH is 1. The largest absolute Gasteiger partial charge is 0.388 e. The molecule has 15 heavy (non-hydrogen) atoms. The number of rotatable bonds is 4. The predicted molar refractivity (Wildman–Crippen MR) is 60.2 cm³/mol. The van der Waals surface area contributed by atoms with Gasteiger partial charge in [-0.2, -0.15) is 0 Å². The van der Waals surface area contributed by atoms with Gasteiger partial charge in [-0.3, -0.25) is 0 Å². The van der Waals surface area contributed by atoms with Crippen molar-refractivity contribution in [2.45, 2.75) is 39.7 Å². The third kappa shape index (κ3) is 3.31. The van der Waals surface area contributed by atoms with Crippen LogP contribution < -0.4 is 0 Å². The second-order valence-electron chi connectivity index (χ2n) is 4.27. The van der Waals surface area contributed by atoms with Crippen molar-refractivity contribution in [1.82, 2.24) is 0 Å². The van der Waals surface area contributed by atoms with E-state index in [0.717, 1.165) is 18.4 Å². The highest BCUT2D eigenvalue weighted by molar-refractivity contribution is 5.25. The molecule has 0 aliphatic rings. The molecule has 0 amide bonds. The first kappa shape index (κ1) is 12.2. The van der Waals surface area contributed by atoms with Crippen LogP contribution >= 0.6 is 0 Å². The van der Waals surface area contributed by atoms with Crippen LogP contribution in [-0.2, 0) is 0 Å². The summed E-state index contributed by atoms with van der Waals surface area (Å²) in [6.07, 6.45) is 1.43. The summed E-state index contributed by atoms with van der Waals surface area (Å²) in [5, 5.41) is 10.0. The van der Waals surface area contributed by atoms with Gasteiger partial charge in [-0.15, -0.1) is 0 Å². The molecule has 0 saturated heterocycles. The summed E-state index contributed by atoms with van der Waals surface area (Å²) in [4.78, 5) is 0. The first-order valence-corrected chi connectivity index (χ1v) is 5.49. The Morgan fingerprint density at radius 3 is 2.53 bits per heavy atom. The highest BCUT2D eigenvalue weighted by Crippen LogP contribution is 2.26. The third-order valence-electron chi connectivity index (χ3n) is 2.69. The Kier molecular flexibility index (Phi) is 4.28. The molecule has 1 rings (SSSR count). The molecule has 2 atom stereocenters. The van der Waals surface area contributed by atoms with E-state index in [2.05, 4.69) is 6.92 Å². The van der Waals surface area contributed by atoms with E-state index >= 15 is 0 Å². The van der Waals surface area contributed by atoms with Crippen LogP contribution in [0.5, 0.6) is 0 Å². The second kappa shape index (κ2) is 5.26. The number of aliphatic hydroxyl groups is 1. The van der Waals surface area contributed by atoms with Crippen LogP contribution in [0.15, 0.2) is 18.2 Å². The lowest BCUT2D eigenvalue weighted by atomic mass is 9.93. The molecule has 0 aliphatic carbocycles. The van der Waals surface area contributed by atoms with E-state index in [-0.39, 0.29) is 11.7 Å². The average molecular weight is 210 g/mol. The third-order valence-corrected chi connectivity index (χ3v) is 2.69. The summed E-state index contributed by atoms with van der Waals surface area (Å²) in [6, 6.07) is 4.74. The number of hydrogen-bond donors (Lipinski definition) is 1. The molecule has 1 aromatic carbocycles. The second-order valence-corrected chi connectivity index (χ2v) is 4.27. The van der Waals surface area contributed by atoms with Crippen LogP contribution in [0.2, 0.25) is 0 Å². The molecular formula is C13H19FO. The van der Waals surface area contributed by atoms with Crippen LogP contribution in [0.25, 0.3) is 0 Å². The number of benzene rings is 1. The van der Waals surface area contributed by atoms with Crippen molar-refractivity contribution >= 4 is 0 Å². The minimum absolute atomic E-state index is 0.177. The van der Waals surface area contributed by atoms with Crippen molar-refractivity contribution in [3.63, 3.8) is 0 Å². The molecule has 1 nitrogen and oxygen atoms in total. The topological polar surface area (TPSA) is 20.2 Å². The molecule has 0 fully saturated rings. The summed E-state index contributed by atoms with van der Waals surface area (Å²) in [5.41, 5.74) is 1.54. The van der Waals surface area contributed by atoms with E-state index in [1.165, 1.54) is 12.1 Å². The Balaban J connectivity index is 2.85. The molecule has 0 radical (unpaired) electrons. The molecular weight excluding hydrogens is 191 g/mol. The monoisotopic (exact) mass is 210 g/mol. The van der Waals surface area contributed by atoms with Crippen LogP contribution in [0.3, 0.4) is 0 Å².